The number of pyridine rings is 2. The number of hydrogen-bond acceptors (Lipinski definition) is 5. The Morgan fingerprint density at radius 2 is 1.88 bits per heavy atom. The largest absolute Gasteiger partial charge is 0.475 e. The number of hydrogen-bond donors (Lipinski definition) is 1. The highest BCUT2D eigenvalue weighted by Crippen LogP contribution is 2.20. The van der Waals surface area contributed by atoms with Gasteiger partial charge in [-0.1, -0.05) is 0 Å². The van der Waals surface area contributed by atoms with Crippen LogP contribution in [0.15, 0.2) is 36.7 Å². The standard InChI is InChI=1S/C19H24N4O2/c1-14(2)25-18-9-6-15(12-21-18)19(24)22-17-8-7-16(13-20-17)23-10-4-3-5-11-23/h6-9,12-14H,3-5,10-11H2,1-2H3,(H,20,22,24). The van der Waals surface area contributed by atoms with E-state index in [1.165, 1.54) is 25.5 Å². The predicted octanol–water partition coefficient (Wildman–Crippen LogP) is 3.51. The first kappa shape index (κ1) is 17.2. The predicted molar refractivity (Wildman–Crippen MR) is 98.3 cm³/mol. The highest BCUT2D eigenvalue weighted by Gasteiger charge is 2.12. The molecule has 1 aliphatic heterocycles. The van der Waals surface area contributed by atoms with Crippen molar-refractivity contribution in [3.8, 4) is 5.88 Å². The van der Waals surface area contributed by atoms with Gasteiger partial charge in [-0.2, -0.15) is 0 Å². The summed E-state index contributed by atoms with van der Waals surface area (Å²) in [6.45, 7) is 6.01. The van der Waals surface area contributed by atoms with Crippen molar-refractivity contribution in [1.82, 2.24) is 9.97 Å². The first-order valence-electron chi connectivity index (χ1n) is 8.77. The third-order valence-corrected chi connectivity index (χ3v) is 4.07. The number of aromatic nitrogens is 2. The van der Waals surface area contributed by atoms with Crippen LogP contribution < -0.4 is 15.0 Å². The number of rotatable bonds is 5. The van der Waals surface area contributed by atoms with Crippen molar-refractivity contribution in [3.05, 3.63) is 42.2 Å². The van der Waals surface area contributed by atoms with E-state index in [9.17, 15) is 4.79 Å². The lowest BCUT2D eigenvalue weighted by Crippen LogP contribution is -2.29. The van der Waals surface area contributed by atoms with E-state index >= 15 is 0 Å². The van der Waals surface area contributed by atoms with Crippen molar-refractivity contribution < 1.29 is 9.53 Å². The summed E-state index contributed by atoms with van der Waals surface area (Å²) in [5.74, 6) is 0.811. The molecular weight excluding hydrogens is 316 g/mol. The molecule has 0 aromatic carbocycles. The Hall–Kier alpha value is -2.63. The Balaban J connectivity index is 1.60. The monoisotopic (exact) mass is 340 g/mol. The van der Waals surface area contributed by atoms with Gasteiger partial charge in [0.05, 0.1) is 23.6 Å². The zero-order chi connectivity index (χ0) is 17.6. The van der Waals surface area contributed by atoms with Crippen molar-refractivity contribution >= 4 is 17.4 Å². The van der Waals surface area contributed by atoms with Crippen molar-refractivity contribution in [2.75, 3.05) is 23.3 Å². The third kappa shape index (κ3) is 4.68. The van der Waals surface area contributed by atoms with E-state index in [1.54, 1.807) is 12.1 Å². The topological polar surface area (TPSA) is 67.3 Å². The zero-order valence-electron chi connectivity index (χ0n) is 14.7. The molecule has 0 radical (unpaired) electrons. The first-order chi connectivity index (χ1) is 12.1. The summed E-state index contributed by atoms with van der Waals surface area (Å²) in [5, 5.41) is 2.80. The van der Waals surface area contributed by atoms with E-state index in [0.717, 1.165) is 18.8 Å². The lowest BCUT2D eigenvalue weighted by molar-refractivity contribution is 0.102. The molecule has 1 aliphatic rings. The van der Waals surface area contributed by atoms with Gasteiger partial charge in [0.15, 0.2) is 0 Å². The SMILES string of the molecule is CC(C)Oc1ccc(C(=O)Nc2ccc(N3CCCCC3)cn2)cn1. The molecule has 0 saturated carbocycles. The summed E-state index contributed by atoms with van der Waals surface area (Å²) in [5.41, 5.74) is 1.58. The Kier molecular flexibility index (Phi) is 5.48. The molecule has 6 nitrogen and oxygen atoms in total. The number of carbonyl (C=O) groups excluding carboxylic acids is 1. The van der Waals surface area contributed by atoms with E-state index in [2.05, 4.69) is 20.2 Å². The molecule has 1 N–H and O–H groups in total. The van der Waals surface area contributed by atoms with Gasteiger partial charge in [0.2, 0.25) is 5.88 Å². The van der Waals surface area contributed by atoms with Crippen LogP contribution >= 0.6 is 0 Å². The molecule has 6 heteroatoms. The smallest absolute Gasteiger partial charge is 0.258 e. The quantitative estimate of drug-likeness (QED) is 0.902. The Morgan fingerprint density at radius 1 is 1.08 bits per heavy atom. The van der Waals surface area contributed by atoms with Crippen molar-refractivity contribution in [3.63, 3.8) is 0 Å². The summed E-state index contributed by atoms with van der Waals surface area (Å²) in [4.78, 5) is 23.1. The Labute approximate surface area is 148 Å². The maximum Gasteiger partial charge on any atom is 0.258 e. The first-order valence-corrected chi connectivity index (χ1v) is 8.77. The second kappa shape index (κ2) is 7.96. The molecule has 1 saturated heterocycles. The average molecular weight is 340 g/mol. The molecule has 2 aromatic heterocycles. The number of carbonyl (C=O) groups is 1. The molecule has 1 amide bonds. The van der Waals surface area contributed by atoms with E-state index in [0.29, 0.717) is 17.3 Å². The van der Waals surface area contributed by atoms with Gasteiger partial charge >= 0.3 is 0 Å². The van der Waals surface area contributed by atoms with Gasteiger partial charge in [-0.05, 0) is 51.3 Å². The van der Waals surface area contributed by atoms with Gasteiger partial charge in [-0.3, -0.25) is 4.79 Å². The molecule has 2 aromatic rings. The molecule has 0 spiro atoms. The average Bonchev–Trinajstić information content (AvgIpc) is 2.63. The van der Waals surface area contributed by atoms with E-state index in [4.69, 9.17) is 4.74 Å². The highest BCUT2D eigenvalue weighted by atomic mass is 16.5. The van der Waals surface area contributed by atoms with Crippen LogP contribution in [-0.2, 0) is 0 Å². The molecule has 25 heavy (non-hydrogen) atoms. The van der Waals surface area contributed by atoms with Crippen LogP contribution in [0, 0.1) is 0 Å². The number of nitrogens with one attached hydrogen (secondary N) is 1. The number of piperidine rings is 1. The van der Waals surface area contributed by atoms with Crippen LogP contribution in [0.25, 0.3) is 0 Å². The van der Waals surface area contributed by atoms with E-state index in [1.807, 2.05) is 32.2 Å². The van der Waals surface area contributed by atoms with E-state index in [-0.39, 0.29) is 12.0 Å². The number of ether oxygens (including phenoxy) is 1. The molecule has 3 heterocycles. The van der Waals surface area contributed by atoms with Crippen LogP contribution in [-0.4, -0.2) is 35.1 Å². The molecule has 132 valence electrons. The minimum atomic E-state index is -0.234. The Bertz CT molecular complexity index is 692. The summed E-state index contributed by atoms with van der Waals surface area (Å²) in [7, 11) is 0. The fourth-order valence-electron chi connectivity index (χ4n) is 2.81. The normalized spacial score (nSPS) is 14.4. The molecule has 3 rings (SSSR count). The van der Waals surface area contributed by atoms with Crippen LogP contribution in [0.2, 0.25) is 0 Å². The van der Waals surface area contributed by atoms with Crippen molar-refractivity contribution in [2.24, 2.45) is 0 Å². The highest BCUT2D eigenvalue weighted by molar-refractivity contribution is 6.03. The third-order valence-electron chi connectivity index (χ3n) is 4.07. The summed E-state index contributed by atoms with van der Waals surface area (Å²) >= 11 is 0. The van der Waals surface area contributed by atoms with Crippen molar-refractivity contribution in [2.45, 2.75) is 39.2 Å². The number of nitrogens with zero attached hydrogens (tertiary/aromatic N) is 3. The zero-order valence-corrected chi connectivity index (χ0v) is 14.7. The van der Waals surface area contributed by atoms with Crippen LogP contribution in [0.3, 0.4) is 0 Å². The number of anilines is 2. The van der Waals surface area contributed by atoms with Gasteiger partial charge < -0.3 is 15.0 Å². The second-order valence-corrected chi connectivity index (χ2v) is 6.46. The van der Waals surface area contributed by atoms with Gasteiger partial charge in [-0.15, -0.1) is 0 Å². The van der Waals surface area contributed by atoms with E-state index < -0.39 is 0 Å². The van der Waals surface area contributed by atoms with Gasteiger partial charge in [-0.25, -0.2) is 9.97 Å². The molecule has 0 unspecified atom stereocenters. The summed E-state index contributed by atoms with van der Waals surface area (Å²) < 4.78 is 5.48. The second-order valence-electron chi connectivity index (χ2n) is 6.46. The van der Waals surface area contributed by atoms with Gasteiger partial charge in [0.1, 0.15) is 5.82 Å². The molecular formula is C19H24N4O2. The fourth-order valence-corrected chi connectivity index (χ4v) is 2.81. The molecule has 0 aliphatic carbocycles. The van der Waals surface area contributed by atoms with Crippen LogP contribution in [0.1, 0.15) is 43.5 Å². The molecule has 0 atom stereocenters. The number of amides is 1. The van der Waals surface area contributed by atoms with Crippen molar-refractivity contribution in [1.29, 1.82) is 0 Å². The summed E-state index contributed by atoms with van der Waals surface area (Å²) in [6, 6.07) is 7.24. The molecule has 0 bridgehead atoms. The fraction of sp³-hybridized carbons (Fsp3) is 0.421. The lowest BCUT2D eigenvalue weighted by Gasteiger charge is -2.28. The maximum atomic E-state index is 12.3. The maximum absolute atomic E-state index is 12.3. The van der Waals surface area contributed by atoms with Crippen LogP contribution in [0.5, 0.6) is 5.88 Å². The Morgan fingerprint density at radius 3 is 2.48 bits per heavy atom. The summed E-state index contributed by atoms with van der Waals surface area (Å²) in [6.07, 6.45) is 7.13. The van der Waals surface area contributed by atoms with Gasteiger partial charge in [0, 0.05) is 25.4 Å². The van der Waals surface area contributed by atoms with Gasteiger partial charge in [0.25, 0.3) is 5.91 Å². The minimum Gasteiger partial charge on any atom is -0.475 e. The minimum absolute atomic E-state index is 0.0507. The van der Waals surface area contributed by atoms with Crippen LogP contribution in [0.4, 0.5) is 11.5 Å². The lowest BCUT2D eigenvalue weighted by atomic mass is 10.1. The molecule has 1 fully saturated rings.